The molecule has 0 saturated heterocycles. The molecule has 6 aromatic rings. The molecule has 3 aromatic heterocycles. The van der Waals surface area contributed by atoms with E-state index in [1.54, 1.807) is 5.56 Å². The van der Waals surface area contributed by atoms with Crippen molar-refractivity contribution in [3.8, 4) is 22.6 Å². The fourth-order valence-corrected chi connectivity index (χ4v) is 10.2. The van der Waals surface area contributed by atoms with Gasteiger partial charge >= 0.3 is 0 Å². The molecule has 0 aliphatic carbocycles. The van der Waals surface area contributed by atoms with Crippen molar-refractivity contribution in [2.75, 3.05) is 0 Å². The van der Waals surface area contributed by atoms with Crippen LogP contribution in [0.15, 0.2) is 85.3 Å². The van der Waals surface area contributed by atoms with Crippen LogP contribution in [0.3, 0.4) is 0 Å². The molecule has 7 rings (SSSR count). The molecule has 0 N–H and O–H groups in total. The molecule has 0 fully saturated rings. The summed E-state index contributed by atoms with van der Waals surface area (Å²) < 4.78 is 10.3. The first kappa shape index (κ1) is 33.7. The van der Waals surface area contributed by atoms with Crippen LogP contribution in [0.2, 0.25) is 0 Å². The lowest BCUT2D eigenvalue weighted by Crippen LogP contribution is -2.55. The smallest absolute Gasteiger partial charge is 0.233 e. The Labute approximate surface area is 298 Å². The zero-order valence-electron chi connectivity index (χ0n) is 31.0. The van der Waals surface area contributed by atoms with E-state index < -0.39 is 0 Å². The lowest BCUT2D eigenvalue weighted by Gasteiger charge is -2.41. The topological polar surface area (TPSA) is 12.7 Å². The lowest BCUT2D eigenvalue weighted by molar-refractivity contribution is -0.725. The standard InChI is InChI=1S/C45H55N3S/c1-9-12-15-32-18-20-36-37-21-22-38-42(43(37)49-40(36)28-32)39-29-34(30(4)5)24-25-48(39)41(45(38,10-2)11-3)23-19-33-16-13-14-17-35(33)44-46(8)26-27-47(44)31(6)7/h13-14,16-18,20-22,24-31,41H,9-12,15,19,23H2,1-8H3/q+2. The molecule has 0 spiro atoms. The molecule has 1 aliphatic heterocycles. The van der Waals surface area contributed by atoms with Gasteiger partial charge in [-0.3, -0.25) is 0 Å². The summed E-state index contributed by atoms with van der Waals surface area (Å²) >= 11 is 2.02. The Morgan fingerprint density at radius 2 is 1.63 bits per heavy atom. The fourth-order valence-electron chi connectivity index (χ4n) is 8.90. The van der Waals surface area contributed by atoms with Gasteiger partial charge < -0.3 is 0 Å². The van der Waals surface area contributed by atoms with Gasteiger partial charge in [-0.1, -0.05) is 83.5 Å². The van der Waals surface area contributed by atoms with Crippen LogP contribution in [0.25, 0.3) is 42.8 Å². The van der Waals surface area contributed by atoms with E-state index in [0.717, 1.165) is 32.1 Å². The summed E-state index contributed by atoms with van der Waals surface area (Å²) in [6.07, 6.45) is 14.9. The van der Waals surface area contributed by atoms with Crippen molar-refractivity contribution in [3.05, 3.63) is 108 Å². The van der Waals surface area contributed by atoms with Crippen LogP contribution in [0, 0.1) is 0 Å². The second-order valence-corrected chi connectivity index (χ2v) is 16.2. The number of aryl methyl sites for hydroxylation is 3. The predicted molar refractivity (Wildman–Crippen MR) is 209 cm³/mol. The van der Waals surface area contributed by atoms with E-state index in [9.17, 15) is 0 Å². The average molecular weight is 670 g/mol. The molecule has 1 aliphatic rings. The zero-order valence-corrected chi connectivity index (χ0v) is 31.8. The number of hydrogen-bond acceptors (Lipinski definition) is 1. The average Bonchev–Trinajstić information content (AvgIpc) is 3.69. The number of rotatable bonds is 11. The van der Waals surface area contributed by atoms with Crippen LogP contribution in [0.4, 0.5) is 0 Å². The van der Waals surface area contributed by atoms with Gasteiger partial charge in [0.2, 0.25) is 5.69 Å². The Balaban J connectivity index is 1.39. The van der Waals surface area contributed by atoms with Crippen LogP contribution < -0.4 is 9.13 Å². The van der Waals surface area contributed by atoms with Gasteiger partial charge in [0.1, 0.15) is 12.4 Å². The molecule has 0 radical (unpaired) electrons. The molecule has 0 amide bonds. The number of unbranched alkanes of at least 4 members (excludes halogenated alkanes) is 1. The van der Waals surface area contributed by atoms with Crippen LogP contribution in [0.5, 0.6) is 0 Å². The van der Waals surface area contributed by atoms with Gasteiger partial charge in [-0.2, -0.15) is 4.57 Å². The molecular formula is C45H55N3S+2. The normalized spacial score (nSPS) is 15.4. The second-order valence-electron chi connectivity index (χ2n) is 15.1. The van der Waals surface area contributed by atoms with Crippen LogP contribution in [-0.2, 0) is 25.3 Å². The Kier molecular flexibility index (Phi) is 9.30. The zero-order chi connectivity index (χ0) is 34.4. The van der Waals surface area contributed by atoms with Gasteiger partial charge in [0, 0.05) is 38.7 Å². The molecule has 3 aromatic carbocycles. The highest BCUT2D eigenvalue weighted by atomic mass is 32.1. The van der Waals surface area contributed by atoms with Crippen molar-refractivity contribution >= 4 is 31.5 Å². The first-order valence-corrected chi connectivity index (χ1v) is 19.7. The number of benzene rings is 3. The van der Waals surface area contributed by atoms with E-state index in [2.05, 4.69) is 155 Å². The molecule has 4 heteroatoms. The Morgan fingerprint density at radius 1 is 0.857 bits per heavy atom. The van der Waals surface area contributed by atoms with Gasteiger partial charge in [-0.15, -0.1) is 11.3 Å². The van der Waals surface area contributed by atoms with Crippen molar-refractivity contribution in [2.45, 2.75) is 117 Å². The molecule has 0 bridgehead atoms. The molecule has 254 valence electrons. The largest absolute Gasteiger partial charge is 0.289 e. The minimum absolute atomic E-state index is 0.0424. The van der Waals surface area contributed by atoms with E-state index in [4.69, 9.17) is 0 Å². The second kappa shape index (κ2) is 13.5. The summed E-state index contributed by atoms with van der Waals surface area (Å²) in [4.78, 5) is 0. The van der Waals surface area contributed by atoms with Crippen molar-refractivity contribution < 1.29 is 9.13 Å². The minimum atomic E-state index is 0.0424. The summed E-state index contributed by atoms with van der Waals surface area (Å²) in [5.41, 5.74) is 10.2. The summed E-state index contributed by atoms with van der Waals surface area (Å²) in [6, 6.07) is 27.1. The number of aromatic nitrogens is 3. The highest BCUT2D eigenvalue weighted by Crippen LogP contribution is 2.53. The van der Waals surface area contributed by atoms with Gasteiger partial charge in [-0.05, 0) is 86.3 Å². The maximum atomic E-state index is 2.71. The van der Waals surface area contributed by atoms with Gasteiger partial charge in [0.05, 0.1) is 29.6 Å². The van der Waals surface area contributed by atoms with Crippen molar-refractivity contribution in [3.63, 3.8) is 0 Å². The predicted octanol–water partition coefficient (Wildman–Crippen LogP) is 11.6. The van der Waals surface area contributed by atoms with E-state index >= 15 is 0 Å². The maximum absolute atomic E-state index is 2.71. The molecule has 4 heterocycles. The lowest BCUT2D eigenvalue weighted by atomic mass is 9.64. The van der Waals surface area contributed by atoms with E-state index in [1.807, 2.05) is 11.3 Å². The number of pyridine rings is 1. The summed E-state index contributed by atoms with van der Waals surface area (Å²) in [5, 5.41) is 2.82. The summed E-state index contributed by atoms with van der Waals surface area (Å²) in [7, 11) is 2.18. The van der Waals surface area contributed by atoms with E-state index in [0.29, 0.717) is 18.0 Å². The Morgan fingerprint density at radius 3 is 2.37 bits per heavy atom. The fraction of sp³-hybridized carbons (Fsp3) is 0.422. The Bertz CT molecular complexity index is 2120. The number of nitrogens with zero attached hydrogens (tertiary/aromatic N) is 3. The third-order valence-corrected chi connectivity index (χ3v) is 12.9. The molecular weight excluding hydrogens is 615 g/mol. The van der Waals surface area contributed by atoms with Gasteiger partial charge in [-0.25, -0.2) is 9.13 Å². The molecule has 1 atom stereocenters. The van der Waals surface area contributed by atoms with E-state index in [1.165, 1.54) is 72.3 Å². The number of thiophene rings is 1. The van der Waals surface area contributed by atoms with Gasteiger partial charge in [0.15, 0.2) is 12.2 Å². The summed E-state index contributed by atoms with van der Waals surface area (Å²) in [5.74, 6) is 1.76. The van der Waals surface area contributed by atoms with Crippen molar-refractivity contribution in [2.24, 2.45) is 7.05 Å². The highest BCUT2D eigenvalue weighted by molar-refractivity contribution is 7.26. The van der Waals surface area contributed by atoms with E-state index in [-0.39, 0.29) is 5.41 Å². The third-order valence-electron chi connectivity index (χ3n) is 11.8. The molecule has 49 heavy (non-hydrogen) atoms. The minimum Gasteiger partial charge on any atom is -0.233 e. The first-order valence-electron chi connectivity index (χ1n) is 18.9. The van der Waals surface area contributed by atoms with Crippen LogP contribution >= 0.6 is 11.3 Å². The monoisotopic (exact) mass is 669 g/mol. The Hall–Kier alpha value is -3.76. The number of imidazole rings is 1. The highest BCUT2D eigenvalue weighted by Gasteiger charge is 2.50. The van der Waals surface area contributed by atoms with Crippen molar-refractivity contribution in [1.29, 1.82) is 0 Å². The van der Waals surface area contributed by atoms with Gasteiger partial charge in [0.25, 0.3) is 5.82 Å². The maximum Gasteiger partial charge on any atom is 0.289 e. The number of fused-ring (bicyclic) bond motifs is 7. The van der Waals surface area contributed by atoms with Crippen molar-refractivity contribution in [1.82, 2.24) is 4.57 Å². The third kappa shape index (κ3) is 5.65. The molecule has 0 saturated carbocycles. The summed E-state index contributed by atoms with van der Waals surface area (Å²) in [6.45, 7) is 16.4. The van der Waals surface area contributed by atoms with Crippen LogP contribution in [0.1, 0.15) is 121 Å². The number of hydrogen-bond donors (Lipinski definition) is 0. The first-order chi connectivity index (χ1) is 23.7. The van der Waals surface area contributed by atoms with Crippen LogP contribution in [-0.4, -0.2) is 4.57 Å². The molecule has 1 unspecified atom stereocenters. The quantitative estimate of drug-likeness (QED) is 0.122. The SMILES string of the molecule is CCCCc1ccc2c(c1)sc1c3c(ccc12)C(CC)(CC)C(CCc1ccccc1-c1n(C(C)C)cc[n+]1C)[n+]1ccc(C(C)C)cc1-3. The molecule has 3 nitrogen and oxygen atoms in total.